The molecule has 26 heavy (non-hydrogen) atoms. The van der Waals surface area contributed by atoms with Crippen LogP contribution in [0.1, 0.15) is 10.4 Å². The number of hydrazine groups is 1. The van der Waals surface area contributed by atoms with E-state index < -0.39 is 0 Å². The number of aldehydes is 1. The lowest BCUT2D eigenvalue weighted by atomic mass is 10.4. The van der Waals surface area contributed by atoms with Crippen molar-refractivity contribution in [1.29, 1.82) is 0 Å². The Bertz CT molecular complexity index is 856. The molecule has 3 rings (SSSR count). The van der Waals surface area contributed by atoms with E-state index in [9.17, 15) is 4.79 Å². The van der Waals surface area contributed by atoms with E-state index >= 15 is 0 Å². The average molecular weight is 456 g/mol. The van der Waals surface area contributed by atoms with Crippen molar-refractivity contribution < 1.29 is 4.79 Å². The van der Waals surface area contributed by atoms with Crippen molar-refractivity contribution in [3.63, 3.8) is 0 Å². The number of carbonyl (C=O) groups excluding carboxylic acids is 1. The summed E-state index contributed by atoms with van der Waals surface area (Å²) in [5, 5.41) is 9.04. The van der Waals surface area contributed by atoms with E-state index in [0.717, 1.165) is 5.39 Å². The maximum absolute atomic E-state index is 10.4. The predicted octanol–water partition coefficient (Wildman–Crippen LogP) is 2.86. The fourth-order valence-corrected chi connectivity index (χ4v) is 3.03. The molecule has 0 spiro atoms. The van der Waals surface area contributed by atoms with Crippen LogP contribution in [-0.4, -0.2) is 48.9 Å². The van der Waals surface area contributed by atoms with Crippen LogP contribution in [0.2, 0.25) is 15.5 Å². The summed E-state index contributed by atoms with van der Waals surface area (Å²) in [6.45, 7) is 0. The standard InChI is InChI=1S/C6H4Cl2N2OS.C6H5ClN4S.H4N2/c1-12-6-9-4(7)3(2-11)5(8)10-6;1-12-6-9-4(7)3-2-8-11-5(3)10-6;1-2/h2H,1H3;2H,1H3,(H,8,9,10,11);1-2H2. The molecule has 0 radical (unpaired) electrons. The van der Waals surface area contributed by atoms with Crippen LogP contribution in [0.4, 0.5) is 0 Å². The largest absolute Gasteiger partial charge is 0.298 e. The zero-order valence-corrected chi connectivity index (χ0v) is 17.3. The lowest BCUT2D eigenvalue weighted by Crippen LogP contribution is -2.02. The second kappa shape index (κ2) is 11.5. The van der Waals surface area contributed by atoms with Crippen LogP contribution in [0.3, 0.4) is 0 Å². The highest BCUT2D eigenvalue weighted by molar-refractivity contribution is 7.98. The summed E-state index contributed by atoms with van der Waals surface area (Å²) in [5.74, 6) is 8.00. The van der Waals surface area contributed by atoms with Gasteiger partial charge >= 0.3 is 0 Å². The Morgan fingerprint density at radius 1 is 0.962 bits per heavy atom. The first kappa shape index (κ1) is 22.8. The molecule has 0 fully saturated rings. The molecule has 0 aliphatic heterocycles. The van der Waals surface area contributed by atoms with E-state index in [1.807, 2.05) is 6.26 Å². The number of nitrogens with one attached hydrogen (secondary N) is 1. The third-order valence-electron chi connectivity index (χ3n) is 2.56. The van der Waals surface area contributed by atoms with Gasteiger partial charge in [0.1, 0.15) is 15.5 Å². The van der Waals surface area contributed by atoms with Gasteiger partial charge in [0.15, 0.2) is 22.2 Å². The molecule has 3 aromatic heterocycles. The van der Waals surface area contributed by atoms with Crippen molar-refractivity contribution in [3.8, 4) is 0 Å². The molecular weight excluding hydrogens is 443 g/mol. The van der Waals surface area contributed by atoms with Gasteiger partial charge in [0.05, 0.1) is 17.1 Å². The van der Waals surface area contributed by atoms with Crippen LogP contribution in [-0.2, 0) is 0 Å². The fourth-order valence-electron chi connectivity index (χ4n) is 1.46. The Morgan fingerprint density at radius 2 is 1.46 bits per heavy atom. The number of aromatic nitrogens is 6. The van der Waals surface area contributed by atoms with Gasteiger partial charge in [-0.05, 0) is 12.5 Å². The molecule has 0 bridgehead atoms. The van der Waals surface area contributed by atoms with Gasteiger partial charge in [-0.15, -0.1) is 0 Å². The minimum absolute atomic E-state index is 0.0920. The highest BCUT2D eigenvalue weighted by atomic mass is 35.5. The molecule has 0 aromatic carbocycles. The molecule has 14 heteroatoms. The van der Waals surface area contributed by atoms with Crippen LogP contribution in [0, 0.1) is 0 Å². The topological polar surface area (TPSA) is 149 Å². The Balaban J connectivity index is 0.000000238. The van der Waals surface area contributed by atoms with E-state index in [1.54, 1.807) is 12.5 Å². The number of nitrogens with zero attached hydrogens (tertiary/aromatic N) is 5. The monoisotopic (exact) mass is 454 g/mol. The number of fused-ring (bicyclic) bond motifs is 1. The number of H-pyrrole nitrogens is 1. The van der Waals surface area contributed by atoms with Crippen molar-refractivity contribution in [2.45, 2.75) is 10.3 Å². The number of nitrogens with two attached hydrogens (primary N) is 2. The van der Waals surface area contributed by atoms with E-state index in [1.165, 1.54) is 23.5 Å². The van der Waals surface area contributed by atoms with E-state index in [4.69, 9.17) is 34.8 Å². The first-order valence-electron chi connectivity index (χ1n) is 6.46. The molecule has 0 atom stereocenters. The van der Waals surface area contributed by atoms with Gasteiger partial charge in [0.25, 0.3) is 0 Å². The van der Waals surface area contributed by atoms with Gasteiger partial charge in [-0.3, -0.25) is 21.6 Å². The fraction of sp³-hybridized carbons (Fsp3) is 0.167. The van der Waals surface area contributed by atoms with Crippen molar-refractivity contribution in [2.75, 3.05) is 12.5 Å². The Hall–Kier alpha value is -1.21. The molecule has 0 unspecified atom stereocenters. The Labute approximate surface area is 172 Å². The van der Waals surface area contributed by atoms with Crippen molar-refractivity contribution in [2.24, 2.45) is 11.7 Å². The Kier molecular flexibility index (Phi) is 10.1. The van der Waals surface area contributed by atoms with Gasteiger partial charge in [-0.25, -0.2) is 19.9 Å². The first-order chi connectivity index (χ1) is 12.5. The first-order valence-corrected chi connectivity index (χ1v) is 10.0. The smallest absolute Gasteiger partial charge is 0.190 e. The summed E-state index contributed by atoms with van der Waals surface area (Å²) in [7, 11) is 0. The molecule has 0 aliphatic rings. The SMILES string of the molecule is CSc1nc(Cl)c(C=O)c(Cl)n1.CSc1nc(Cl)c2cn[nH]c2n1.NN. The molecule has 0 aliphatic carbocycles. The van der Waals surface area contributed by atoms with E-state index in [-0.39, 0.29) is 15.9 Å². The molecule has 9 nitrogen and oxygen atoms in total. The summed E-state index contributed by atoms with van der Waals surface area (Å²) in [4.78, 5) is 26.3. The number of hydrogen-bond donors (Lipinski definition) is 3. The van der Waals surface area contributed by atoms with Crippen LogP contribution in [0.15, 0.2) is 16.5 Å². The summed E-state index contributed by atoms with van der Waals surface area (Å²) in [5.41, 5.74) is 0.815. The highest BCUT2D eigenvalue weighted by Crippen LogP contribution is 2.22. The van der Waals surface area contributed by atoms with Crippen LogP contribution >= 0.6 is 58.3 Å². The number of aromatic amines is 1. The van der Waals surface area contributed by atoms with Gasteiger partial charge in [0, 0.05) is 0 Å². The van der Waals surface area contributed by atoms with Crippen LogP contribution < -0.4 is 11.7 Å². The summed E-state index contributed by atoms with van der Waals surface area (Å²) < 4.78 is 0. The maximum atomic E-state index is 10.4. The minimum atomic E-state index is 0.0920. The summed E-state index contributed by atoms with van der Waals surface area (Å²) in [6.07, 6.45) is 5.84. The van der Waals surface area contributed by atoms with E-state index in [2.05, 4.69) is 41.8 Å². The normalized spacial score (nSPS) is 9.81. The Morgan fingerprint density at radius 3 is 1.96 bits per heavy atom. The molecule has 140 valence electrons. The minimum Gasteiger partial charge on any atom is -0.298 e. The second-order valence-corrected chi connectivity index (χ2v) is 6.58. The molecule has 3 heterocycles. The van der Waals surface area contributed by atoms with Gasteiger partial charge in [-0.1, -0.05) is 58.3 Å². The third kappa shape index (κ3) is 5.91. The van der Waals surface area contributed by atoms with Gasteiger partial charge < -0.3 is 0 Å². The van der Waals surface area contributed by atoms with Crippen LogP contribution in [0.5, 0.6) is 0 Å². The lowest BCUT2D eigenvalue weighted by Gasteiger charge is -1.99. The molecule has 0 amide bonds. The number of rotatable bonds is 3. The number of hydrogen-bond acceptors (Lipinski definition) is 10. The quantitative estimate of drug-likeness (QED) is 0.134. The maximum Gasteiger partial charge on any atom is 0.190 e. The lowest BCUT2D eigenvalue weighted by molar-refractivity contribution is 0.112. The highest BCUT2D eigenvalue weighted by Gasteiger charge is 2.09. The summed E-state index contributed by atoms with van der Waals surface area (Å²) in [6, 6.07) is 0. The summed E-state index contributed by atoms with van der Waals surface area (Å²) >= 11 is 19.9. The zero-order chi connectivity index (χ0) is 19.7. The molecule has 5 N–H and O–H groups in total. The molecular formula is C12H13Cl3N8OS2. The zero-order valence-electron chi connectivity index (χ0n) is 13.4. The molecule has 0 saturated carbocycles. The van der Waals surface area contributed by atoms with Gasteiger partial charge in [-0.2, -0.15) is 5.10 Å². The average Bonchev–Trinajstić information content (AvgIpc) is 3.12. The number of halogens is 3. The number of thioether (sulfide) groups is 2. The predicted molar refractivity (Wildman–Crippen MR) is 106 cm³/mol. The van der Waals surface area contributed by atoms with Crippen molar-refractivity contribution in [3.05, 3.63) is 27.2 Å². The number of carbonyl (C=O) groups is 1. The third-order valence-corrected chi connectivity index (χ3v) is 4.52. The van der Waals surface area contributed by atoms with Crippen LogP contribution in [0.25, 0.3) is 11.0 Å². The van der Waals surface area contributed by atoms with E-state index in [0.29, 0.717) is 27.4 Å². The van der Waals surface area contributed by atoms with Gasteiger partial charge in [0.2, 0.25) is 0 Å². The van der Waals surface area contributed by atoms with Crippen molar-refractivity contribution in [1.82, 2.24) is 30.1 Å². The van der Waals surface area contributed by atoms with Crippen molar-refractivity contribution >= 4 is 75.6 Å². The molecule has 3 aromatic rings. The second-order valence-electron chi connectivity index (χ2n) is 3.96. The molecule has 0 saturated heterocycles.